The first-order chi connectivity index (χ1) is 8.19. The summed E-state index contributed by atoms with van der Waals surface area (Å²) in [6.07, 6.45) is 1.19. The van der Waals surface area contributed by atoms with Gasteiger partial charge in [-0.05, 0) is 17.9 Å². The number of benzene rings is 1. The number of nitrogens with two attached hydrogens (primary N) is 1. The Kier molecular flexibility index (Phi) is 6.23. The maximum atomic E-state index is 5.73. The van der Waals surface area contributed by atoms with Crippen LogP contribution in [0.2, 0.25) is 0 Å². The molecule has 2 N–H and O–H groups in total. The maximum Gasteiger partial charge on any atom is 0.0237 e. The van der Waals surface area contributed by atoms with E-state index >= 15 is 0 Å². The Hall–Kier alpha value is -0.860. The van der Waals surface area contributed by atoms with Crippen LogP contribution in [0.25, 0.3) is 0 Å². The molecule has 0 aliphatic heterocycles. The van der Waals surface area contributed by atoms with Crippen LogP contribution in [0.5, 0.6) is 0 Å². The fourth-order valence-corrected chi connectivity index (χ4v) is 2.50. The van der Waals surface area contributed by atoms with E-state index in [2.05, 4.69) is 56.0 Å². The quantitative estimate of drug-likeness (QED) is 0.786. The van der Waals surface area contributed by atoms with Gasteiger partial charge in [0.05, 0.1) is 0 Å². The summed E-state index contributed by atoms with van der Waals surface area (Å²) < 4.78 is 0. The molecule has 0 saturated carbocycles. The third-order valence-electron chi connectivity index (χ3n) is 3.30. The van der Waals surface area contributed by atoms with Gasteiger partial charge in [0.25, 0.3) is 0 Å². The summed E-state index contributed by atoms with van der Waals surface area (Å²) in [7, 11) is 0. The molecule has 0 aromatic heterocycles. The summed E-state index contributed by atoms with van der Waals surface area (Å²) >= 11 is 0. The lowest BCUT2D eigenvalue weighted by molar-refractivity contribution is 0.146. The van der Waals surface area contributed by atoms with E-state index in [0.29, 0.717) is 12.0 Å². The summed E-state index contributed by atoms with van der Waals surface area (Å²) in [6.45, 7) is 9.57. The molecule has 0 heterocycles. The van der Waals surface area contributed by atoms with Gasteiger partial charge >= 0.3 is 0 Å². The fraction of sp³-hybridized carbons (Fsp3) is 0.600. The zero-order valence-corrected chi connectivity index (χ0v) is 11.4. The van der Waals surface area contributed by atoms with Crippen LogP contribution >= 0.6 is 0 Å². The zero-order chi connectivity index (χ0) is 12.7. The average Bonchev–Trinajstić information content (AvgIpc) is 2.31. The molecule has 2 heteroatoms. The van der Waals surface area contributed by atoms with Crippen molar-refractivity contribution in [2.75, 3.05) is 13.1 Å². The molecule has 0 fully saturated rings. The van der Waals surface area contributed by atoms with Crippen molar-refractivity contribution in [1.29, 1.82) is 0 Å². The van der Waals surface area contributed by atoms with Gasteiger partial charge in [-0.15, -0.1) is 0 Å². The molecule has 0 aliphatic rings. The molecule has 0 saturated heterocycles. The molecule has 1 aromatic carbocycles. The van der Waals surface area contributed by atoms with E-state index in [1.165, 1.54) is 12.0 Å². The van der Waals surface area contributed by atoms with Gasteiger partial charge in [0, 0.05) is 25.7 Å². The first kappa shape index (κ1) is 14.2. The molecule has 0 bridgehead atoms. The second-order valence-corrected chi connectivity index (χ2v) is 4.96. The van der Waals surface area contributed by atoms with Gasteiger partial charge in [-0.25, -0.2) is 0 Å². The molecule has 96 valence electrons. The van der Waals surface area contributed by atoms with Gasteiger partial charge in [0.15, 0.2) is 0 Å². The fourth-order valence-electron chi connectivity index (χ4n) is 2.50. The van der Waals surface area contributed by atoms with Crippen LogP contribution in [0.1, 0.15) is 32.8 Å². The topological polar surface area (TPSA) is 29.3 Å². The van der Waals surface area contributed by atoms with Gasteiger partial charge in [0.1, 0.15) is 0 Å². The number of hydrogen-bond acceptors (Lipinski definition) is 2. The van der Waals surface area contributed by atoms with E-state index in [9.17, 15) is 0 Å². The van der Waals surface area contributed by atoms with Crippen LogP contribution in [-0.4, -0.2) is 24.0 Å². The molecule has 1 rings (SSSR count). The Morgan fingerprint density at radius 1 is 1.18 bits per heavy atom. The van der Waals surface area contributed by atoms with E-state index in [4.69, 9.17) is 5.73 Å². The standard InChI is InChI=1S/C15H26N2/c1-4-15(13(2)3)17(11-10-16)12-14-8-6-5-7-9-14/h5-9,13,15H,4,10-12,16H2,1-3H3. The molecular formula is C15H26N2. The summed E-state index contributed by atoms with van der Waals surface area (Å²) in [5.74, 6) is 0.676. The molecule has 0 amide bonds. The van der Waals surface area contributed by atoms with E-state index < -0.39 is 0 Å². The van der Waals surface area contributed by atoms with Crippen molar-refractivity contribution in [2.24, 2.45) is 11.7 Å². The van der Waals surface area contributed by atoms with Gasteiger partial charge in [-0.3, -0.25) is 4.90 Å². The van der Waals surface area contributed by atoms with Gasteiger partial charge in [0.2, 0.25) is 0 Å². The predicted molar refractivity (Wildman–Crippen MR) is 74.8 cm³/mol. The van der Waals surface area contributed by atoms with Crippen molar-refractivity contribution in [3.8, 4) is 0 Å². The predicted octanol–water partition coefficient (Wildman–Crippen LogP) is 2.88. The van der Waals surface area contributed by atoms with Crippen LogP contribution in [0.4, 0.5) is 0 Å². The molecule has 0 aliphatic carbocycles. The van der Waals surface area contributed by atoms with Crippen LogP contribution in [0.15, 0.2) is 30.3 Å². The number of nitrogens with zero attached hydrogens (tertiary/aromatic N) is 1. The van der Waals surface area contributed by atoms with Crippen LogP contribution in [-0.2, 0) is 6.54 Å². The minimum absolute atomic E-state index is 0.624. The molecule has 2 nitrogen and oxygen atoms in total. The Bertz CT molecular complexity index is 295. The highest BCUT2D eigenvalue weighted by Gasteiger charge is 2.19. The molecule has 1 aromatic rings. The summed E-state index contributed by atoms with van der Waals surface area (Å²) in [5.41, 5.74) is 7.11. The number of hydrogen-bond donors (Lipinski definition) is 1. The maximum absolute atomic E-state index is 5.73. The SMILES string of the molecule is CCC(C(C)C)N(CCN)Cc1ccccc1. The lowest BCUT2D eigenvalue weighted by atomic mass is 9.99. The Labute approximate surface area is 106 Å². The van der Waals surface area contributed by atoms with Crippen molar-refractivity contribution >= 4 is 0 Å². The molecule has 0 spiro atoms. The summed E-state index contributed by atoms with van der Waals surface area (Å²) in [5, 5.41) is 0. The highest BCUT2D eigenvalue weighted by atomic mass is 15.2. The van der Waals surface area contributed by atoms with E-state index in [-0.39, 0.29) is 0 Å². The van der Waals surface area contributed by atoms with Gasteiger partial charge in [-0.2, -0.15) is 0 Å². The van der Waals surface area contributed by atoms with Gasteiger partial charge in [-0.1, -0.05) is 51.1 Å². The largest absolute Gasteiger partial charge is 0.329 e. The highest BCUT2D eigenvalue weighted by Crippen LogP contribution is 2.17. The normalized spacial score (nSPS) is 13.3. The monoisotopic (exact) mass is 234 g/mol. The van der Waals surface area contributed by atoms with E-state index in [0.717, 1.165) is 19.6 Å². The Morgan fingerprint density at radius 2 is 1.82 bits per heavy atom. The number of rotatable bonds is 7. The first-order valence-corrected chi connectivity index (χ1v) is 6.67. The first-order valence-electron chi connectivity index (χ1n) is 6.67. The summed E-state index contributed by atoms with van der Waals surface area (Å²) in [6, 6.07) is 11.3. The summed E-state index contributed by atoms with van der Waals surface area (Å²) in [4.78, 5) is 2.51. The van der Waals surface area contributed by atoms with Crippen LogP contribution in [0.3, 0.4) is 0 Å². The van der Waals surface area contributed by atoms with Crippen LogP contribution in [0, 0.1) is 5.92 Å². The second-order valence-electron chi connectivity index (χ2n) is 4.96. The second kappa shape index (κ2) is 7.46. The Balaban J connectivity index is 2.71. The van der Waals surface area contributed by atoms with Crippen molar-refractivity contribution in [3.05, 3.63) is 35.9 Å². The van der Waals surface area contributed by atoms with Crippen molar-refractivity contribution in [1.82, 2.24) is 4.90 Å². The third-order valence-corrected chi connectivity index (χ3v) is 3.30. The van der Waals surface area contributed by atoms with Crippen LogP contribution < -0.4 is 5.73 Å². The smallest absolute Gasteiger partial charge is 0.0237 e. The minimum atomic E-state index is 0.624. The van der Waals surface area contributed by atoms with Crippen molar-refractivity contribution < 1.29 is 0 Å². The molecule has 1 atom stereocenters. The molecule has 17 heavy (non-hydrogen) atoms. The van der Waals surface area contributed by atoms with Crippen molar-refractivity contribution in [3.63, 3.8) is 0 Å². The van der Waals surface area contributed by atoms with Crippen molar-refractivity contribution in [2.45, 2.75) is 39.8 Å². The van der Waals surface area contributed by atoms with E-state index in [1.54, 1.807) is 0 Å². The third kappa shape index (κ3) is 4.49. The Morgan fingerprint density at radius 3 is 2.29 bits per heavy atom. The average molecular weight is 234 g/mol. The molecule has 1 unspecified atom stereocenters. The minimum Gasteiger partial charge on any atom is -0.329 e. The van der Waals surface area contributed by atoms with Gasteiger partial charge < -0.3 is 5.73 Å². The lowest BCUT2D eigenvalue weighted by Crippen LogP contribution is -2.41. The highest BCUT2D eigenvalue weighted by molar-refractivity contribution is 5.14. The lowest BCUT2D eigenvalue weighted by Gasteiger charge is -2.33. The van der Waals surface area contributed by atoms with E-state index in [1.807, 2.05) is 0 Å². The molecule has 0 radical (unpaired) electrons. The zero-order valence-electron chi connectivity index (χ0n) is 11.4. The molecular weight excluding hydrogens is 208 g/mol.